The number of unbranched alkanes of at least 4 members (excludes halogenated alkanes) is 1. The Balaban J connectivity index is 2.10. The molecule has 2 heteroatoms. The van der Waals surface area contributed by atoms with Crippen LogP contribution in [-0.2, 0) is 11.3 Å². The molecule has 0 amide bonds. The summed E-state index contributed by atoms with van der Waals surface area (Å²) < 4.78 is 5.46. The third kappa shape index (κ3) is 4.76. The summed E-state index contributed by atoms with van der Waals surface area (Å²) in [5.41, 5.74) is 1.23. The maximum absolute atomic E-state index is 5.46. The molecule has 0 aromatic heterocycles. The third-order valence-electron chi connectivity index (χ3n) is 1.72. The van der Waals surface area contributed by atoms with Crippen molar-refractivity contribution >= 4 is 17.6 Å². The van der Waals surface area contributed by atoms with E-state index in [0.29, 0.717) is 6.61 Å². The topological polar surface area (TPSA) is 9.23 Å². The van der Waals surface area contributed by atoms with Crippen molar-refractivity contribution in [2.75, 3.05) is 6.61 Å². The maximum Gasteiger partial charge on any atom is 0.0716 e. The molecule has 0 saturated carbocycles. The lowest BCUT2D eigenvalue weighted by Gasteiger charge is -2.02. The highest BCUT2D eigenvalue weighted by Crippen LogP contribution is 2.00. The molecular formula is C11H14OS. The number of benzene rings is 1. The van der Waals surface area contributed by atoms with Crippen LogP contribution in [-0.4, -0.2) is 12.0 Å². The highest BCUT2D eigenvalue weighted by atomic mass is 32.1. The number of hydrogen-bond donors (Lipinski definition) is 0. The van der Waals surface area contributed by atoms with Crippen molar-refractivity contribution < 1.29 is 4.74 Å². The van der Waals surface area contributed by atoms with Crippen LogP contribution in [0.25, 0.3) is 0 Å². The van der Waals surface area contributed by atoms with Crippen molar-refractivity contribution in [3.05, 3.63) is 35.9 Å². The molecule has 0 radical (unpaired) electrons. The molecule has 0 fully saturated rings. The zero-order chi connectivity index (χ0) is 9.36. The van der Waals surface area contributed by atoms with Gasteiger partial charge in [0.1, 0.15) is 0 Å². The van der Waals surface area contributed by atoms with E-state index < -0.39 is 0 Å². The molecule has 1 aromatic carbocycles. The average molecular weight is 194 g/mol. The Kier molecular flexibility index (Phi) is 5.38. The van der Waals surface area contributed by atoms with Gasteiger partial charge in [0, 0.05) is 6.61 Å². The molecular weight excluding hydrogens is 180 g/mol. The van der Waals surface area contributed by atoms with E-state index in [-0.39, 0.29) is 0 Å². The average Bonchev–Trinajstić information content (AvgIpc) is 2.19. The van der Waals surface area contributed by atoms with E-state index in [2.05, 4.69) is 12.1 Å². The normalized spacial score (nSPS) is 9.85. The molecule has 1 rings (SSSR count). The van der Waals surface area contributed by atoms with Gasteiger partial charge in [-0.05, 0) is 23.8 Å². The molecule has 0 N–H and O–H groups in total. The molecule has 0 unspecified atom stereocenters. The van der Waals surface area contributed by atoms with Crippen LogP contribution in [0.5, 0.6) is 0 Å². The first kappa shape index (κ1) is 10.4. The standard InChI is InChI=1S/C11H14OS/c13-9-5-4-8-12-10-11-6-2-1-3-7-11/h1-3,6-7,9H,4-5,8,10H2. The van der Waals surface area contributed by atoms with E-state index in [4.69, 9.17) is 17.0 Å². The lowest BCUT2D eigenvalue weighted by molar-refractivity contribution is 0.120. The predicted molar refractivity (Wildman–Crippen MR) is 59.0 cm³/mol. The molecule has 1 nitrogen and oxygen atoms in total. The van der Waals surface area contributed by atoms with Gasteiger partial charge >= 0.3 is 0 Å². The summed E-state index contributed by atoms with van der Waals surface area (Å²) in [4.78, 5) is 0. The molecule has 70 valence electrons. The van der Waals surface area contributed by atoms with Crippen LogP contribution >= 0.6 is 12.2 Å². The molecule has 0 saturated heterocycles. The SMILES string of the molecule is S=CCCCOCc1ccccc1. The number of rotatable bonds is 6. The summed E-state index contributed by atoms with van der Waals surface area (Å²) in [5.74, 6) is 0. The van der Waals surface area contributed by atoms with Gasteiger partial charge in [-0.3, -0.25) is 0 Å². The highest BCUT2D eigenvalue weighted by molar-refractivity contribution is 7.78. The second-order valence-electron chi connectivity index (χ2n) is 2.85. The van der Waals surface area contributed by atoms with Gasteiger partial charge in [-0.2, -0.15) is 0 Å². The molecule has 0 spiro atoms. The minimum Gasteiger partial charge on any atom is -0.377 e. The minimum absolute atomic E-state index is 0.707. The maximum atomic E-state index is 5.46. The fourth-order valence-electron chi connectivity index (χ4n) is 1.03. The lowest BCUT2D eigenvalue weighted by atomic mass is 10.2. The Labute approximate surface area is 84.7 Å². The van der Waals surface area contributed by atoms with Crippen molar-refractivity contribution in [2.45, 2.75) is 19.4 Å². The number of ether oxygens (including phenoxy) is 1. The van der Waals surface area contributed by atoms with Gasteiger partial charge in [0.25, 0.3) is 0 Å². The van der Waals surface area contributed by atoms with Gasteiger partial charge in [0.2, 0.25) is 0 Å². The van der Waals surface area contributed by atoms with Crippen LogP contribution in [0.4, 0.5) is 0 Å². The van der Waals surface area contributed by atoms with E-state index in [0.717, 1.165) is 19.4 Å². The van der Waals surface area contributed by atoms with Crippen molar-refractivity contribution in [3.63, 3.8) is 0 Å². The Hall–Kier alpha value is -0.730. The van der Waals surface area contributed by atoms with E-state index in [1.54, 1.807) is 5.37 Å². The van der Waals surface area contributed by atoms with E-state index in [1.807, 2.05) is 18.2 Å². The molecule has 1 aromatic rings. The van der Waals surface area contributed by atoms with Gasteiger partial charge in [-0.15, -0.1) is 0 Å². The van der Waals surface area contributed by atoms with E-state index >= 15 is 0 Å². The Morgan fingerprint density at radius 2 is 2.00 bits per heavy atom. The van der Waals surface area contributed by atoms with Gasteiger partial charge in [0.05, 0.1) is 6.61 Å². The van der Waals surface area contributed by atoms with Crippen molar-refractivity contribution in [1.82, 2.24) is 0 Å². The quantitative estimate of drug-likeness (QED) is 0.508. The monoisotopic (exact) mass is 194 g/mol. The smallest absolute Gasteiger partial charge is 0.0716 e. The predicted octanol–water partition coefficient (Wildman–Crippen LogP) is 2.98. The zero-order valence-electron chi connectivity index (χ0n) is 7.61. The lowest BCUT2D eigenvalue weighted by Crippen LogP contribution is -1.95. The van der Waals surface area contributed by atoms with Crippen LogP contribution in [0, 0.1) is 0 Å². The third-order valence-corrected chi connectivity index (χ3v) is 1.96. The van der Waals surface area contributed by atoms with Crippen LogP contribution in [0.3, 0.4) is 0 Å². The van der Waals surface area contributed by atoms with Gasteiger partial charge in [-0.1, -0.05) is 42.5 Å². The van der Waals surface area contributed by atoms with Crippen molar-refractivity contribution in [3.8, 4) is 0 Å². The van der Waals surface area contributed by atoms with Crippen molar-refractivity contribution in [1.29, 1.82) is 0 Å². The van der Waals surface area contributed by atoms with E-state index in [1.165, 1.54) is 5.56 Å². The summed E-state index contributed by atoms with van der Waals surface area (Å²) in [6.07, 6.45) is 1.99. The molecule has 0 heterocycles. The fraction of sp³-hybridized carbons (Fsp3) is 0.364. The number of hydrogen-bond acceptors (Lipinski definition) is 2. The zero-order valence-corrected chi connectivity index (χ0v) is 8.43. The first-order chi connectivity index (χ1) is 6.43. The molecule has 0 aliphatic heterocycles. The van der Waals surface area contributed by atoms with Crippen LogP contribution in [0.2, 0.25) is 0 Å². The van der Waals surface area contributed by atoms with Crippen LogP contribution in [0.1, 0.15) is 18.4 Å². The van der Waals surface area contributed by atoms with Crippen LogP contribution in [0.15, 0.2) is 30.3 Å². The van der Waals surface area contributed by atoms with Gasteiger partial charge < -0.3 is 4.74 Å². The minimum atomic E-state index is 0.707. The number of thiocarbonyl (C=S) groups is 1. The largest absolute Gasteiger partial charge is 0.377 e. The summed E-state index contributed by atoms with van der Waals surface area (Å²) in [7, 11) is 0. The summed E-state index contributed by atoms with van der Waals surface area (Å²) in [5, 5.41) is 1.76. The molecule has 0 atom stereocenters. The van der Waals surface area contributed by atoms with Crippen molar-refractivity contribution in [2.24, 2.45) is 0 Å². The second kappa shape index (κ2) is 6.75. The van der Waals surface area contributed by atoms with Gasteiger partial charge in [-0.25, -0.2) is 0 Å². The van der Waals surface area contributed by atoms with E-state index in [9.17, 15) is 0 Å². The van der Waals surface area contributed by atoms with Crippen LogP contribution < -0.4 is 0 Å². The molecule has 13 heavy (non-hydrogen) atoms. The van der Waals surface area contributed by atoms with Gasteiger partial charge in [0.15, 0.2) is 0 Å². The Bertz CT molecular complexity index is 233. The molecule has 0 bridgehead atoms. The summed E-state index contributed by atoms with van der Waals surface area (Å²) in [6, 6.07) is 10.2. The first-order valence-electron chi connectivity index (χ1n) is 4.49. The Morgan fingerprint density at radius 3 is 2.69 bits per heavy atom. The first-order valence-corrected chi connectivity index (χ1v) is 4.96. The Morgan fingerprint density at radius 1 is 1.23 bits per heavy atom. The summed E-state index contributed by atoms with van der Waals surface area (Å²) in [6.45, 7) is 1.50. The highest BCUT2D eigenvalue weighted by Gasteiger charge is 1.90. The molecule has 0 aliphatic rings. The fourth-order valence-corrected chi connectivity index (χ4v) is 1.20. The summed E-state index contributed by atoms with van der Waals surface area (Å²) >= 11 is 4.71. The molecule has 0 aliphatic carbocycles. The second-order valence-corrected chi connectivity index (χ2v) is 3.18.